The maximum Gasteiger partial charge on any atom is 0.446 e. The fraction of sp³-hybridized carbons (Fsp3) is 0.273. The number of piperazine rings is 1. The lowest BCUT2D eigenvalue weighted by molar-refractivity contribution is -0.0328. The molecule has 3 aromatic rings. The zero-order valence-corrected chi connectivity index (χ0v) is 19.0. The van der Waals surface area contributed by atoms with Gasteiger partial charge in [0.15, 0.2) is 11.6 Å². The van der Waals surface area contributed by atoms with Crippen molar-refractivity contribution in [2.75, 3.05) is 41.7 Å². The molecule has 4 rings (SSSR count). The Hall–Kier alpha value is -3.54. The molecule has 2 aromatic heterocycles. The summed E-state index contributed by atoms with van der Waals surface area (Å²) in [4.78, 5) is 20.7. The molecule has 3 heterocycles. The maximum absolute atomic E-state index is 12.5. The van der Waals surface area contributed by atoms with E-state index in [1.54, 1.807) is 4.90 Å². The standard InChI is InChI=1S/C22H22F3N7OS/c1-15-3-2-4-18(26-15)28-19-9-10-20(30-29-19)31-11-13-32(14-12-31)21(33)27-16-5-7-17(8-6-16)34-22(23,24)25/h2-10H,11-14H2,1H3,(H,27,33)(H,26,28,29). The van der Waals surface area contributed by atoms with Crippen LogP contribution in [0, 0.1) is 6.92 Å². The van der Waals surface area contributed by atoms with Crippen LogP contribution in [0.25, 0.3) is 0 Å². The van der Waals surface area contributed by atoms with Gasteiger partial charge in [-0.05, 0) is 67.2 Å². The van der Waals surface area contributed by atoms with Crippen LogP contribution in [0.1, 0.15) is 5.69 Å². The van der Waals surface area contributed by atoms with E-state index in [0.717, 1.165) is 5.69 Å². The molecule has 12 heteroatoms. The zero-order valence-electron chi connectivity index (χ0n) is 18.2. The van der Waals surface area contributed by atoms with E-state index in [1.807, 2.05) is 42.2 Å². The summed E-state index contributed by atoms with van der Waals surface area (Å²) in [6, 6.07) is 14.6. The van der Waals surface area contributed by atoms with Crippen molar-refractivity contribution in [1.82, 2.24) is 20.1 Å². The number of carbonyl (C=O) groups is 1. The van der Waals surface area contributed by atoms with Gasteiger partial charge < -0.3 is 20.4 Å². The van der Waals surface area contributed by atoms with Gasteiger partial charge in [0.1, 0.15) is 5.82 Å². The molecule has 0 saturated carbocycles. The van der Waals surface area contributed by atoms with Crippen LogP contribution < -0.4 is 15.5 Å². The third kappa shape index (κ3) is 6.50. The van der Waals surface area contributed by atoms with Crippen LogP contribution in [0.5, 0.6) is 0 Å². The minimum atomic E-state index is -4.34. The first-order valence-electron chi connectivity index (χ1n) is 10.5. The third-order valence-corrected chi connectivity index (χ3v) is 5.76. The quantitative estimate of drug-likeness (QED) is 0.494. The van der Waals surface area contributed by atoms with Crippen LogP contribution in [-0.4, -0.2) is 57.8 Å². The number of amides is 2. The number of aryl methyl sites for hydroxylation is 1. The lowest BCUT2D eigenvalue weighted by Crippen LogP contribution is -2.50. The molecule has 0 radical (unpaired) electrons. The fourth-order valence-corrected chi connectivity index (χ4v) is 3.92. The molecule has 2 amide bonds. The van der Waals surface area contributed by atoms with E-state index in [0.29, 0.717) is 49.3 Å². The Morgan fingerprint density at radius 1 is 0.941 bits per heavy atom. The number of carbonyl (C=O) groups excluding carboxylic acids is 1. The van der Waals surface area contributed by atoms with Crippen LogP contribution in [-0.2, 0) is 0 Å². The number of halogens is 3. The normalized spacial score (nSPS) is 14.1. The molecule has 1 aliphatic heterocycles. The number of hydrogen-bond donors (Lipinski definition) is 2. The Kier molecular flexibility index (Phi) is 7.06. The number of anilines is 4. The van der Waals surface area contributed by atoms with Gasteiger partial charge in [0.25, 0.3) is 0 Å². The van der Waals surface area contributed by atoms with Gasteiger partial charge in [-0.3, -0.25) is 0 Å². The molecule has 0 aliphatic carbocycles. The Labute approximate surface area is 198 Å². The lowest BCUT2D eigenvalue weighted by atomic mass is 10.3. The molecular weight excluding hydrogens is 467 g/mol. The highest BCUT2D eigenvalue weighted by molar-refractivity contribution is 8.00. The van der Waals surface area contributed by atoms with E-state index >= 15 is 0 Å². The van der Waals surface area contributed by atoms with Gasteiger partial charge in [0, 0.05) is 42.5 Å². The molecule has 1 aromatic carbocycles. The molecule has 8 nitrogen and oxygen atoms in total. The lowest BCUT2D eigenvalue weighted by Gasteiger charge is -2.35. The van der Waals surface area contributed by atoms with Gasteiger partial charge in [-0.15, -0.1) is 10.2 Å². The van der Waals surface area contributed by atoms with Crippen molar-refractivity contribution in [3.05, 3.63) is 60.3 Å². The summed E-state index contributed by atoms with van der Waals surface area (Å²) >= 11 is -0.191. The Bertz CT molecular complexity index is 1120. The molecule has 2 N–H and O–H groups in total. The van der Waals surface area contributed by atoms with Crippen LogP contribution in [0.4, 0.5) is 41.1 Å². The van der Waals surface area contributed by atoms with Gasteiger partial charge in [-0.1, -0.05) is 6.07 Å². The highest BCUT2D eigenvalue weighted by atomic mass is 32.2. The smallest absolute Gasteiger partial charge is 0.352 e. The van der Waals surface area contributed by atoms with Crippen LogP contribution in [0.2, 0.25) is 0 Å². The molecule has 0 unspecified atom stereocenters. The van der Waals surface area contributed by atoms with Crippen LogP contribution in [0.15, 0.2) is 59.5 Å². The van der Waals surface area contributed by atoms with Crippen molar-refractivity contribution in [2.45, 2.75) is 17.3 Å². The number of hydrogen-bond acceptors (Lipinski definition) is 7. The molecule has 0 bridgehead atoms. The zero-order chi connectivity index (χ0) is 24.1. The first kappa shape index (κ1) is 23.6. The van der Waals surface area contributed by atoms with Crippen LogP contribution >= 0.6 is 11.8 Å². The SMILES string of the molecule is Cc1cccc(Nc2ccc(N3CCN(C(=O)Nc4ccc(SC(F)(F)F)cc4)CC3)nn2)n1. The maximum atomic E-state index is 12.5. The molecule has 1 aliphatic rings. The molecule has 0 spiro atoms. The first-order chi connectivity index (χ1) is 16.2. The summed E-state index contributed by atoms with van der Waals surface area (Å²) in [6.07, 6.45) is 0. The summed E-state index contributed by atoms with van der Waals surface area (Å²) in [5.41, 5.74) is -3.01. The second-order valence-electron chi connectivity index (χ2n) is 7.54. The average Bonchev–Trinajstić information content (AvgIpc) is 2.80. The molecule has 34 heavy (non-hydrogen) atoms. The summed E-state index contributed by atoms with van der Waals surface area (Å²) in [5, 5.41) is 14.3. The van der Waals surface area contributed by atoms with Gasteiger partial charge in [-0.25, -0.2) is 9.78 Å². The highest BCUT2D eigenvalue weighted by Crippen LogP contribution is 2.37. The topological polar surface area (TPSA) is 86.3 Å². The van der Waals surface area contributed by atoms with Crippen molar-refractivity contribution < 1.29 is 18.0 Å². The summed E-state index contributed by atoms with van der Waals surface area (Å²) < 4.78 is 37.3. The molecule has 178 valence electrons. The minimum absolute atomic E-state index is 0.0663. The first-order valence-corrected chi connectivity index (χ1v) is 11.3. The van der Waals surface area contributed by atoms with Gasteiger partial charge >= 0.3 is 11.5 Å². The average molecular weight is 490 g/mol. The highest BCUT2D eigenvalue weighted by Gasteiger charge is 2.29. The predicted octanol–water partition coefficient (Wildman–Crippen LogP) is 4.89. The van der Waals surface area contributed by atoms with E-state index in [4.69, 9.17) is 0 Å². The fourth-order valence-electron chi connectivity index (χ4n) is 3.39. The van der Waals surface area contributed by atoms with Crippen molar-refractivity contribution in [3.8, 4) is 0 Å². The van der Waals surface area contributed by atoms with E-state index in [-0.39, 0.29) is 22.7 Å². The number of nitrogens with zero attached hydrogens (tertiary/aromatic N) is 5. The Balaban J connectivity index is 1.27. The molecule has 1 fully saturated rings. The van der Waals surface area contributed by atoms with Crippen LogP contribution in [0.3, 0.4) is 0 Å². The van der Waals surface area contributed by atoms with E-state index in [1.165, 1.54) is 24.3 Å². The number of urea groups is 1. The largest absolute Gasteiger partial charge is 0.446 e. The second-order valence-corrected chi connectivity index (χ2v) is 8.68. The number of rotatable bonds is 5. The summed E-state index contributed by atoms with van der Waals surface area (Å²) in [6.45, 7) is 4.02. The Morgan fingerprint density at radius 3 is 2.29 bits per heavy atom. The minimum Gasteiger partial charge on any atom is -0.352 e. The summed E-state index contributed by atoms with van der Waals surface area (Å²) in [7, 11) is 0. The third-order valence-electron chi connectivity index (χ3n) is 5.02. The second kappa shape index (κ2) is 10.2. The van der Waals surface area contributed by atoms with Crippen molar-refractivity contribution >= 4 is 40.9 Å². The number of aromatic nitrogens is 3. The van der Waals surface area contributed by atoms with E-state index in [9.17, 15) is 18.0 Å². The van der Waals surface area contributed by atoms with Crippen molar-refractivity contribution in [1.29, 1.82) is 0 Å². The van der Waals surface area contributed by atoms with Gasteiger partial charge in [0.2, 0.25) is 0 Å². The van der Waals surface area contributed by atoms with Crippen molar-refractivity contribution in [3.63, 3.8) is 0 Å². The van der Waals surface area contributed by atoms with E-state index < -0.39 is 5.51 Å². The van der Waals surface area contributed by atoms with Gasteiger partial charge in [-0.2, -0.15) is 13.2 Å². The van der Waals surface area contributed by atoms with Gasteiger partial charge in [0.05, 0.1) is 0 Å². The van der Waals surface area contributed by atoms with Crippen molar-refractivity contribution in [2.24, 2.45) is 0 Å². The number of alkyl halides is 3. The molecule has 1 saturated heterocycles. The molecular formula is C22H22F3N7OS. The number of thioether (sulfide) groups is 1. The molecule has 0 atom stereocenters. The number of pyridine rings is 1. The predicted molar refractivity (Wildman–Crippen MR) is 125 cm³/mol. The van der Waals surface area contributed by atoms with E-state index in [2.05, 4.69) is 25.8 Å². The Morgan fingerprint density at radius 2 is 1.68 bits per heavy atom. The number of nitrogens with one attached hydrogen (secondary N) is 2. The monoisotopic (exact) mass is 489 g/mol. The number of benzene rings is 1. The summed E-state index contributed by atoms with van der Waals surface area (Å²) in [5.74, 6) is 1.98.